The molecule has 6 rings (SSSR count). The number of hydrogen-bond donors (Lipinski definition) is 2. The van der Waals surface area contributed by atoms with E-state index < -0.39 is 11.7 Å². The predicted molar refractivity (Wildman–Crippen MR) is 148 cm³/mol. The summed E-state index contributed by atoms with van der Waals surface area (Å²) in [7, 11) is 1.64. The molecule has 10 heteroatoms. The highest BCUT2D eigenvalue weighted by atomic mass is 19.4. The molecule has 0 fully saturated rings. The fourth-order valence-electron chi connectivity index (χ4n) is 4.62. The average Bonchev–Trinajstić information content (AvgIpc) is 3.60. The number of aromatic nitrogens is 5. The van der Waals surface area contributed by atoms with Crippen LogP contribution in [0.4, 0.5) is 19.0 Å². The number of aromatic amines is 1. The molecule has 40 heavy (non-hydrogen) atoms. The number of alkyl halides is 3. The lowest BCUT2D eigenvalue weighted by Gasteiger charge is -2.11. The molecule has 0 spiro atoms. The molecule has 3 aromatic heterocycles. The van der Waals surface area contributed by atoms with Crippen molar-refractivity contribution < 1.29 is 17.9 Å². The first kappa shape index (κ1) is 25.4. The minimum Gasteiger partial charge on any atom is -0.497 e. The topological polar surface area (TPSA) is 80.7 Å². The molecule has 0 unspecified atom stereocenters. The molecule has 0 aliphatic rings. The van der Waals surface area contributed by atoms with Crippen molar-refractivity contribution in [3.8, 4) is 17.1 Å². The van der Waals surface area contributed by atoms with E-state index in [1.807, 2.05) is 59.3 Å². The van der Waals surface area contributed by atoms with Crippen molar-refractivity contribution in [1.29, 1.82) is 0 Å². The number of hydrogen-bond acceptors (Lipinski definition) is 5. The predicted octanol–water partition coefficient (Wildman–Crippen LogP) is 6.70. The van der Waals surface area contributed by atoms with E-state index in [0.717, 1.165) is 46.3 Å². The van der Waals surface area contributed by atoms with Gasteiger partial charge in [0.15, 0.2) is 17.3 Å². The first-order valence-electron chi connectivity index (χ1n) is 12.7. The van der Waals surface area contributed by atoms with Crippen LogP contribution >= 0.6 is 0 Å². The average molecular weight is 543 g/mol. The summed E-state index contributed by atoms with van der Waals surface area (Å²) >= 11 is 0. The third-order valence-electron chi connectivity index (χ3n) is 6.77. The third-order valence-corrected chi connectivity index (χ3v) is 6.77. The fourth-order valence-corrected chi connectivity index (χ4v) is 4.62. The van der Waals surface area contributed by atoms with E-state index in [2.05, 4.69) is 15.3 Å². The Balaban J connectivity index is 1.33. The summed E-state index contributed by atoms with van der Waals surface area (Å²) in [6.45, 7) is 0.924. The summed E-state index contributed by atoms with van der Waals surface area (Å²) in [5, 5.41) is 4.45. The number of nitrogens with one attached hydrogen (secondary N) is 2. The Bertz CT molecular complexity index is 1770. The molecule has 7 nitrogen and oxygen atoms in total. The van der Waals surface area contributed by atoms with E-state index >= 15 is 0 Å². The van der Waals surface area contributed by atoms with Crippen molar-refractivity contribution in [3.05, 3.63) is 102 Å². The lowest BCUT2D eigenvalue weighted by atomic mass is 10.1. The molecule has 0 amide bonds. The molecule has 0 bridgehead atoms. The van der Waals surface area contributed by atoms with Gasteiger partial charge in [-0.3, -0.25) is 0 Å². The quantitative estimate of drug-likeness (QED) is 0.224. The molecule has 0 saturated heterocycles. The number of ether oxygens (including phenoxy) is 1. The van der Waals surface area contributed by atoms with Gasteiger partial charge in [0.25, 0.3) is 0 Å². The van der Waals surface area contributed by atoms with Crippen LogP contribution in [0.1, 0.15) is 16.7 Å². The zero-order valence-corrected chi connectivity index (χ0v) is 21.5. The minimum atomic E-state index is -4.38. The van der Waals surface area contributed by atoms with Gasteiger partial charge in [-0.25, -0.2) is 15.0 Å². The van der Waals surface area contributed by atoms with Crippen molar-refractivity contribution in [1.82, 2.24) is 24.5 Å². The van der Waals surface area contributed by atoms with E-state index in [0.29, 0.717) is 41.5 Å². The third kappa shape index (κ3) is 5.20. The number of nitrogens with zero attached hydrogens (tertiary/aromatic N) is 4. The Kier molecular flexibility index (Phi) is 6.59. The van der Waals surface area contributed by atoms with Crippen molar-refractivity contribution in [2.45, 2.75) is 19.1 Å². The van der Waals surface area contributed by atoms with Crippen LogP contribution in [0.15, 0.2) is 85.3 Å². The van der Waals surface area contributed by atoms with Gasteiger partial charge in [0.2, 0.25) is 0 Å². The zero-order valence-electron chi connectivity index (χ0n) is 21.5. The fraction of sp³-hybridized carbons (Fsp3) is 0.167. The normalized spacial score (nSPS) is 11.8. The SMILES string of the molecule is COc1ccc(CCNc2nc(-c3ccc4[nH]ccc4c3)nc3c2ncn3Cc2ccc(C(F)(F)F)cc2)cc1. The maximum atomic E-state index is 13.0. The second-order valence-electron chi connectivity index (χ2n) is 9.44. The van der Waals surface area contributed by atoms with Gasteiger partial charge < -0.3 is 19.6 Å². The second-order valence-corrected chi connectivity index (χ2v) is 9.44. The lowest BCUT2D eigenvalue weighted by Crippen LogP contribution is -2.09. The Labute approximate surface area is 227 Å². The van der Waals surface area contributed by atoms with Crippen LogP contribution in [0, 0.1) is 0 Å². The number of methoxy groups -OCH3 is 1. The summed E-state index contributed by atoms with van der Waals surface area (Å²) in [6.07, 6.45) is -0.101. The summed E-state index contributed by atoms with van der Waals surface area (Å²) < 4.78 is 46.2. The Morgan fingerprint density at radius 3 is 2.45 bits per heavy atom. The maximum absolute atomic E-state index is 13.0. The van der Waals surface area contributed by atoms with Crippen molar-refractivity contribution in [2.24, 2.45) is 0 Å². The Morgan fingerprint density at radius 1 is 0.925 bits per heavy atom. The van der Waals surface area contributed by atoms with Gasteiger partial charge in [0.1, 0.15) is 11.3 Å². The largest absolute Gasteiger partial charge is 0.497 e. The highest BCUT2D eigenvalue weighted by molar-refractivity contribution is 5.88. The molecule has 0 radical (unpaired) electrons. The minimum absolute atomic E-state index is 0.313. The molecule has 0 aliphatic carbocycles. The molecular formula is C30H25F3N6O. The van der Waals surface area contributed by atoms with Crippen LogP contribution in [-0.4, -0.2) is 38.2 Å². The van der Waals surface area contributed by atoms with E-state index in [4.69, 9.17) is 14.7 Å². The first-order valence-corrected chi connectivity index (χ1v) is 12.7. The summed E-state index contributed by atoms with van der Waals surface area (Å²) in [5.74, 6) is 1.92. The standard InChI is InChI=1S/C30H25F3N6O/c1-40-24-9-4-19(5-10-24)12-14-35-28-26-29(38-27(37-28)22-6-11-25-21(16-22)13-15-34-25)39(18-36-26)17-20-2-7-23(8-3-20)30(31,32)33/h2-11,13,15-16,18,34H,12,14,17H2,1H3,(H,35,37,38). The van der Waals surface area contributed by atoms with Gasteiger partial charge in [0.05, 0.1) is 25.5 Å². The molecule has 202 valence electrons. The number of H-pyrrole nitrogens is 1. The van der Waals surface area contributed by atoms with E-state index in [-0.39, 0.29) is 0 Å². The molecule has 3 aromatic carbocycles. The van der Waals surface area contributed by atoms with Crippen LogP contribution in [-0.2, 0) is 19.1 Å². The van der Waals surface area contributed by atoms with Gasteiger partial charge >= 0.3 is 6.18 Å². The van der Waals surface area contributed by atoms with Gasteiger partial charge in [-0.2, -0.15) is 13.2 Å². The number of rotatable bonds is 8. The lowest BCUT2D eigenvalue weighted by molar-refractivity contribution is -0.137. The molecule has 2 N–H and O–H groups in total. The number of imidazole rings is 1. The van der Waals surface area contributed by atoms with Gasteiger partial charge in [-0.05, 0) is 66.1 Å². The molecule has 0 aliphatic heterocycles. The van der Waals surface area contributed by atoms with Crippen molar-refractivity contribution in [3.63, 3.8) is 0 Å². The van der Waals surface area contributed by atoms with E-state index in [1.54, 1.807) is 13.4 Å². The van der Waals surface area contributed by atoms with E-state index in [1.165, 1.54) is 12.1 Å². The van der Waals surface area contributed by atoms with Crippen LogP contribution in [0.3, 0.4) is 0 Å². The second kappa shape index (κ2) is 10.4. The molecule has 3 heterocycles. The summed E-state index contributed by atoms with van der Waals surface area (Å²) in [4.78, 5) is 17.4. The molecule has 0 saturated carbocycles. The number of anilines is 1. The first-order chi connectivity index (χ1) is 19.4. The van der Waals surface area contributed by atoms with Gasteiger partial charge in [-0.15, -0.1) is 0 Å². The van der Waals surface area contributed by atoms with Crippen molar-refractivity contribution >= 4 is 27.9 Å². The highest BCUT2D eigenvalue weighted by Crippen LogP contribution is 2.30. The summed E-state index contributed by atoms with van der Waals surface area (Å²) in [6, 6.07) is 21.0. The maximum Gasteiger partial charge on any atom is 0.416 e. The number of benzene rings is 3. The number of halogens is 3. The highest BCUT2D eigenvalue weighted by Gasteiger charge is 2.30. The Morgan fingerprint density at radius 2 is 1.70 bits per heavy atom. The summed E-state index contributed by atoms with van der Waals surface area (Å²) in [5.41, 5.74) is 4.20. The number of fused-ring (bicyclic) bond motifs is 2. The van der Waals surface area contributed by atoms with E-state index in [9.17, 15) is 13.2 Å². The Hall–Kier alpha value is -4.86. The molecule has 0 atom stereocenters. The van der Waals surface area contributed by atoms with Gasteiger partial charge in [0, 0.05) is 29.2 Å². The van der Waals surface area contributed by atoms with Gasteiger partial charge in [-0.1, -0.05) is 24.3 Å². The smallest absolute Gasteiger partial charge is 0.416 e. The molecule has 6 aromatic rings. The van der Waals surface area contributed by atoms with Crippen LogP contribution in [0.25, 0.3) is 33.5 Å². The van der Waals surface area contributed by atoms with Crippen LogP contribution < -0.4 is 10.1 Å². The van der Waals surface area contributed by atoms with Crippen LogP contribution in [0.2, 0.25) is 0 Å². The van der Waals surface area contributed by atoms with Crippen LogP contribution in [0.5, 0.6) is 5.75 Å². The van der Waals surface area contributed by atoms with Crippen molar-refractivity contribution in [2.75, 3.05) is 19.0 Å². The zero-order chi connectivity index (χ0) is 27.7. The molecular weight excluding hydrogens is 517 g/mol. The monoisotopic (exact) mass is 542 g/mol.